The van der Waals surface area contributed by atoms with Crippen LogP contribution in [-0.2, 0) is 11.8 Å². The Morgan fingerprint density at radius 1 is 1.24 bits per heavy atom. The standard InChI is InChI=1S/C24H28N6O4/c1-5-32-21-14-30(9-8-20(21)34-24-26-12-17(13-27-24)33-15(2)3)19-10-22(31)29(4)18-7-6-16(11-25)28-23(18)19/h6-7,10,12-13,15,20-21H,5,8-9,14H2,1-4H3/t20-,21+/m1/s1. The van der Waals surface area contributed by atoms with Gasteiger partial charge in [-0.15, -0.1) is 0 Å². The van der Waals surface area contributed by atoms with Crippen LogP contribution in [0, 0.1) is 11.3 Å². The number of hydrogen-bond acceptors (Lipinski definition) is 9. The van der Waals surface area contributed by atoms with Gasteiger partial charge in [0.1, 0.15) is 29.5 Å². The van der Waals surface area contributed by atoms with Gasteiger partial charge in [0.25, 0.3) is 5.56 Å². The van der Waals surface area contributed by atoms with Crippen LogP contribution in [0.4, 0.5) is 5.69 Å². The molecule has 10 nitrogen and oxygen atoms in total. The molecule has 1 saturated heterocycles. The van der Waals surface area contributed by atoms with E-state index in [1.165, 1.54) is 4.57 Å². The third-order valence-corrected chi connectivity index (χ3v) is 5.64. The van der Waals surface area contributed by atoms with E-state index in [1.54, 1.807) is 37.6 Å². The van der Waals surface area contributed by atoms with Crippen molar-refractivity contribution < 1.29 is 14.2 Å². The van der Waals surface area contributed by atoms with Gasteiger partial charge in [-0.3, -0.25) is 4.79 Å². The summed E-state index contributed by atoms with van der Waals surface area (Å²) in [7, 11) is 1.70. The van der Waals surface area contributed by atoms with E-state index in [-0.39, 0.29) is 29.9 Å². The fourth-order valence-corrected chi connectivity index (χ4v) is 4.07. The predicted molar refractivity (Wildman–Crippen MR) is 126 cm³/mol. The summed E-state index contributed by atoms with van der Waals surface area (Å²) in [6, 6.07) is 7.28. The number of anilines is 1. The summed E-state index contributed by atoms with van der Waals surface area (Å²) in [4.78, 5) is 27.7. The maximum Gasteiger partial charge on any atom is 0.316 e. The number of pyridine rings is 2. The second-order valence-electron chi connectivity index (χ2n) is 8.36. The van der Waals surface area contributed by atoms with Crippen molar-refractivity contribution in [1.82, 2.24) is 19.5 Å². The van der Waals surface area contributed by atoms with Gasteiger partial charge in [0.05, 0.1) is 29.7 Å². The van der Waals surface area contributed by atoms with Crippen LogP contribution in [-0.4, -0.2) is 57.5 Å². The van der Waals surface area contributed by atoms with Crippen LogP contribution >= 0.6 is 0 Å². The summed E-state index contributed by atoms with van der Waals surface area (Å²) in [6.45, 7) is 7.42. The molecule has 3 aromatic heterocycles. The number of ether oxygens (including phenoxy) is 3. The maximum absolute atomic E-state index is 12.6. The molecule has 178 valence electrons. The van der Waals surface area contributed by atoms with Crippen LogP contribution in [0.15, 0.2) is 35.4 Å². The molecule has 0 radical (unpaired) electrons. The molecule has 0 saturated carbocycles. The second kappa shape index (κ2) is 10.1. The van der Waals surface area contributed by atoms with E-state index >= 15 is 0 Å². The monoisotopic (exact) mass is 464 g/mol. The van der Waals surface area contributed by atoms with Crippen molar-refractivity contribution in [3.63, 3.8) is 0 Å². The molecule has 1 aliphatic heterocycles. The first-order valence-electron chi connectivity index (χ1n) is 11.3. The van der Waals surface area contributed by atoms with Crippen LogP contribution in [0.3, 0.4) is 0 Å². The van der Waals surface area contributed by atoms with E-state index in [1.807, 2.05) is 20.8 Å². The van der Waals surface area contributed by atoms with Crippen molar-refractivity contribution in [3.05, 3.63) is 46.6 Å². The van der Waals surface area contributed by atoms with Crippen LogP contribution in [0.2, 0.25) is 0 Å². The Morgan fingerprint density at radius 3 is 2.68 bits per heavy atom. The molecule has 0 aromatic carbocycles. The fraction of sp³-hybridized carbons (Fsp3) is 0.458. The Kier molecular flexibility index (Phi) is 6.93. The van der Waals surface area contributed by atoms with Crippen molar-refractivity contribution in [2.45, 2.75) is 45.5 Å². The fourth-order valence-electron chi connectivity index (χ4n) is 4.07. The lowest BCUT2D eigenvalue weighted by Crippen LogP contribution is -2.51. The zero-order valence-corrected chi connectivity index (χ0v) is 19.8. The predicted octanol–water partition coefficient (Wildman–Crippen LogP) is 2.45. The number of hydrogen-bond donors (Lipinski definition) is 0. The van der Waals surface area contributed by atoms with Crippen molar-refractivity contribution in [3.8, 4) is 17.8 Å². The minimum Gasteiger partial charge on any atom is -0.488 e. The quantitative estimate of drug-likeness (QED) is 0.520. The average Bonchev–Trinajstić information content (AvgIpc) is 2.83. The topological polar surface area (TPSA) is 115 Å². The highest BCUT2D eigenvalue weighted by atomic mass is 16.6. The molecule has 34 heavy (non-hydrogen) atoms. The summed E-state index contributed by atoms with van der Waals surface area (Å²) in [5.41, 5.74) is 2.13. The molecular weight excluding hydrogens is 436 g/mol. The summed E-state index contributed by atoms with van der Waals surface area (Å²) in [5, 5.41) is 9.32. The minimum absolute atomic E-state index is 0.0339. The van der Waals surface area contributed by atoms with Gasteiger partial charge in [0, 0.05) is 39.2 Å². The van der Waals surface area contributed by atoms with Crippen LogP contribution < -0.4 is 19.9 Å². The van der Waals surface area contributed by atoms with Gasteiger partial charge in [-0.2, -0.15) is 15.2 Å². The van der Waals surface area contributed by atoms with Crippen molar-refractivity contribution in [2.24, 2.45) is 7.05 Å². The third-order valence-electron chi connectivity index (χ3n) is 5.64. The smallest absolute Gasteiger partial charge is 0.316 e. The highest BCUT2D eigenvalue weighted by molar-refractivity contribution is 5.88. The molecule has 1 aliphatic rings. The molecule has 0 bridgehead atoms. The molecule has 3 aromatic rings. The summed E-state index contributed by atoms with van der Waals surface area (Å²) >= 11 is 0. The highest BCUT2D eigenvalue weighted by Gasteiger charge is 2.33. The van der Waals surface area contributed by atoms with Crippen molar-refractivity contribution in [1.29, 1.82) is 5.26 Å². The molecular formula is C24H28N6O4. The number of nitrogens with zero attached hydrogens (tertiary/aromatic N) is 6. The Morgan fingerprint density at radius 2 is 2.00 bits per heavy atom. The van der Waals surface area contributed by atoms with Crippen molar-refractivity contribution >= 4 is 16.7 Å². The molecule has 1 fully saturated rings. The number of piperidine rings is 1. The Bertz CT molecular complexity index is 1250. The number of fused-ring (bicyclic) bond motifs is 1. The number of nitriles is 1. The summed E-state index contributed by atoms with van der Waals surface area (Å²) in [5.74, 6) is 0.584. The first kappa shape index (κ1) is 23.4. The van der Waals surface area contributed by atoms with Gasteiger partial charge in [-0.25, -0.2) is 4.98 Å². The lowest BCUT2D eigenvalue weighted by atomic mass is 10.0. The molecule has 4 heterocycles. The van der Waals surface area contributed by atoms with Crippen LogP contribution in [0.5, 0.6) is 11.8 Å². The summed E-state index contributed by atoms with van der Waals surface area (Å²) < 4.78 is 19.2. The summed E-state index contributed by atoms with van der Waals surface area (Å²) in [6.07, 6.45) is 3.33. The van der Waals surface area contributed by atoms with Gasteiger partial charge < -0.3 is 23.7 Å². The van der Waals surface area contributed by atoms with Crippen LogP contribution in [0.25, 0.3) is 11.0 Å². The molecule has 10 heteroatoms. The average molecular weight is 465 g/mol. The first-order chi connectivity index (χ1) is 16.4. The molecule has 0 spiro atoms. The third kappa shape index (κ3) is 4.94. The maximum atomic E-state index is 12.6. The van der Waals surface area contributed by atoms with E-state index in [0.717, 1.165) is 0 Å². The van der Waals surface area contributed by atoms with E-state index in [0.29, 0.717) is 54.3 Å². The molecule has 0 unspecified atom stereocenters. The van der Waals surface area contributed by atoms with Gasteiger partial charge in [0.15, 0.2) is 5.75 Å². The minimum atomic E-state index is -0.271. The van der Waals surface area contributed by atoms with Crippen LogP contribution in [0.1, 0.15) is 32.9 Å². The zero-order chi connectivity index (χ0) is 24.2. The van der Waals surface area contributed by atoms with E-state index < -0.39 is 0 Å². The van der Waals surface area contributed by atoms with E-state index in [2.05, 4.69) is 25.9 Å². The van der Waals surface area contributed by atoms with Crippen molar-refractivity contribution in [2.75, 3.05) is 24.6 Å². The van der Waals surface area contributed by atoms with E-state index in [4.69, 9.17) is 14.2 Å². The van der Waals surface area contributed by atoms with Gasteiger partial charge in [-0.1, -0.05) is 0 Å². The van der Waals surface area contributed by atoms with Gasteiger partial charge in [-0.05, 0) is 32.9 Å². The lowest BCUT2D eigenvalue weighted by Gasteiger charge is -2.39. The molecule has 2 atom stereocenters. The van der Waals surface area contributed by atoms with Gasteiger partial charge >= 0.3 is 6.01 Å². The molecule has 0 amide bonds. The zero-order valence-electron chi connectivity index (χ0n) is 19.8. The Balaban J connectivity index is 1.58. The SMILES string of the molecule is CCO[C@H]1CN(c2cc(=O)n(C)c3ccc(C#N)nc23)CC[C@H]1Oc1ncc(OC(C)C)cn1. The second-order valence-corrected chi connectivity index (χ2v) is 8.36. The largest absolute Gasteiger partial charge is 0.488 e. The van der Waals surface area contributed by atoms with Gasteiger partial charge in [0.2, 0.25) is 0 Å². The lowest BCUT2D eigenvalue weighted by molar-refractivity contribution is -0.0314. The Labute approximate surface area is 197 Å². The number of aromatic nitrogens is 4. The van der Waals surface area contributed by atoms with E-state index in [9.17, 15) is 10.1 Å². The molecule has 0 N–H and O–H groups in total. The Hall–Kier alpha value is -3.71. The number of aryl methyl sites for hydroxylation is 1. The normalized spacial score (nSPS) is 18.2. The molecule has 0 aliphatic carbocycles. The molecule has 4 rings (SSSR count). The number of rotatable bonds is 7. The first-order valence-corrected chi connectivity index (χ1v) is 11.3. The highest BCUT2D eigenvalue weighted by Crippen LogP contribution is 2.28.